The monoisotopic (exact) mass is 292 g/mol. The van der Waals surface area contributed by atoms with Crippen molar-refractivity contribution in [2.75, 3.05) is 13.1 Å². The molecule has 0 saturated heterocycles. The third-order valence-electron chi connectivity index (χ3n) is 3.85. The summed E-state index contributed by atoms with van der Waals surface area (Å²) in [4.78, 5) is 4.62. The van der Waals surface area contributed by atoms with Crippen LogP contribution in [0.5, 0.6) is 0 Å². The number of rotatable bonds is 7. The molecule has 1 saturated carbocycles. The molecule has 6 nitrogen and oxygen atoms in total. The summed E-state index contributed by atoms with van der Waals surface area (Å²) in [6, 6.07) is 0.592. The van der Waals surface area contributed by atoms with Gasteiger partial charge in [0, 0.05) is 32.1 Å². The Bertz CT molecular complexity index is 433. The molecule has 0 bridgehead atoms. The number of guanidine groups is 1. The molecule has 1 fully saturated rings. The van der Waals surface area contributed by atoms with Gasteiger partial charge in [0.15, 0.2) is 5.96 Å². The Morgan fingerprint density at radius 2 is 2.19 bits per heavy atom. The summed E-state index contributed by atoms with van der Waals surface area (Å²) in [5, 5.41) is 15.1. The molecule has 118 valence electrons. The Hall–Kier alpha value is -1.59. The Morgan fingerprint density at radius 1 is 1.38 bits per heavy atom. The fourth-order valence-corrected chi connectivity index (χ4v) is 2.67. The van der Waals surface area contributed by atoms with Crippen molar-refractivity contribution in [3.63, 3.8) is 0 Å². The van der Waals surface area contributed by atoms with Crippen LogP contribution in [0.25, 0.3) is 0 Å². The highest BCUT2D eigenvalue weighted by molar-refractivity contribution is 5.80. The van der Waals surface area contributed by atoms with Crippen molar-refractivity contribution in [2.45, 2.75) is 65.0 Å². The van der Waals surface area contributed by atoms with E-state index in [1.165, 1.54) is 25.7 Å². The van der Waals surface area contributed by atoms with Crippen molar-refractivity contribution in [3.8, 4) is 0 Å². The minimum Gasteiger partial charge on any atom is -0.355 e. The lowest BCUT2D eigenvalue weighted by atomic mass is 10.2. The van der Waals surface area contributed by atoms with Gasteiger partial charge < -0.3 is 15.2 Å². The first-order valence-electron chi connectivity index (χ1n) is 8.25. The van der Waals surface area contributed by atoms with Gasteiger partial charge in [-0.25, -0.2) is 0 Å². The second-order valence-electron chi connectivity index (χ2n) is 5.58. The second kappa shape index (κ2) is 8.64. The molecule has 0 aromatic carbocycles. The molecular formula is C15H28N6. The summed E-state index contributed by atoms with van der Waals surface area (Å²) in [6.07, 6.45) is 8.98. The molecule has 1 aliphatic rings. The van der Waals surface area contributed by atoms with Gasteiger partial charge in [-0.3, -0.25) is 4.99 Å². The summed E-state index contributed by atoms with van der Waals surface area (Å²) in [5.74, 6) is 1.99. The summed E-state index contributed by atoms with van der Waals surface area (Å²) in [7, 11) is 0. The van der Waals surface area contributed by atoms with Crippen LogP contribution in [0.15, 0.2) is 11.3 Å². The van der Waals surface area contributed by atoms with E-state index in [0.717, 1.165) is 44.3 Å². The van der Waals surface area contributed by atoms with E-state index in [4.69, 9.17) is 0 Å². The van der Waals surface area contributed by atoms with Crippen LogP contribution < -0.4 is 10.6 Å². The molecule has 2 rings (SSSR count). The highest BCUT2D eigenvalue weighted by atomic mass is 15.3. The van der Waals surface area contributed by atoms with Crippen molar-refractivity contribution in [2.24, 2.45) is 4.99 Å². The predicted octanol–water partition coefficient (Wildman–Crippen LogP) is 1.73. The minimum atomic E-state index is 0.592. The zero-order chi connectivity index (χ0) is 14.9. The molecule has 0 aliphatic heterocycles. The van der Waals surface area contributed by atoms with Gasteiger partial charge in [-0.05, 0) is 19.3 Å². The first kappa shape index (κ1) is 15.8. The standard InChI is InChI=1S/C15H28N6/c1-3-9-16-15(19-13-7-5-6-8-13)17-10-11-21-12-18-20-14(21)4-2/h12-13H,3-11H2,1-2H3,(H2,16,17,19). The first-order chi connectivity index (χ1) is 10.3. The molecule has 1 heterocycles. The lowest BCUT2D eigenvalue weighted by Crippen LogP contribution is -2.43. The molecule has 1 aromatic heterocycles. The van der Waals surface area contributed by atoms with Gasteiger partial charge in [0.25, 0.3) is 0 Å². The molecule has 21 heavy (non-hydrogen) atoms. The van der Waals surface area contributed by atoms with E-state index in [1.807, 2.05) is 0 Å². The van der Waals surface area contributed by atoms with Crippen LogP contribution in [0.2, 0.25) is 0 Å². The van der Waals surface area contributed by atoms with E-state index in [2.05, 4.69) is 44.2 Å². The summed E-state index contributed by atoms with van der Waals surface area (Å²) < 4.78 is 2.10. The van der Waals surface area contributed by atoms with Crippen LogP contribution in [-0.4, -0.2) is 39.9 Å². The molecule has 2 N–H and O–H groups in total. The zero-order valence-corrected chi connectivity index (χ0v) is 13.3. The normalized spacial score (nSPS) is 16.4. The van der Waals surface area contributed by atoms with Crippen LogP contribution >= 0.6 is 0 Å². The van der Waals surface area contributed by atoms with Crippen LogP contribution in [0.3, 0.4) is 0 Å². The molecular weight excluding hydrogens is 264 g/mol. The van der Waals surface area contributed by atoms with Crippen molar-refractivity contribution in [3.05, 3.63) is 12.2 Å². The number of hydrogen-bond donors (Lipinski definition) is 2. The van der Waals surface area contributed by atoms with E-state index in [9.17, 15) is 0 Å². The Kier molecular flexibility index (Phi) is 6.50. The fraction of sp³-hybridized carbons (Fsp3) is 0.800. The van der Waals surface area contributed by atoms with Crippen molar-refractivity contribution in [1.29, 1.82) is 0 Å². The van der Waals surface area contributed by atoms with Crippen molar-refractivity contribution < 1.29 is 0 Å². The van der Waals surface area contributed by atoms with Gasteiger partial charge in [0.1, 0.15) is 12.2 Å². The molecule has 1 aliphatic carbocycles. The lowest BCUT2D eigenvalue weighted by molar-refractivity contribution is 0.592. The third kappa shape index (κ3) is 5.02. The third-order valence-corrected chi connectivity index (χ3v) is 3.85. The first-order valence-corrected chi connectivity index (χ1v) is 8.25. The highest BCUT2D eigenvalue weighted by Crippen LogP contribution is 2.17. The van der Waals surface area contributed by atoms with E-state index in [0.29, 0.717) is 6.04 Å². The maximum Gasteiger partial charge on any atom is 0.191 e. The Morgan fingerprint density at radius 3 is 2.90 bits per heavy atom. The Labute approximate surface area is 127 Å². The molecule has 0 atom stereocenters. The lowest BCUT2D eigenvalue weighted by Gasteiger charge is -2.17. The summed E-state index contributed by atoms with van der Waals surface area (Å²) >= 11 is 0. The molecule has 0 unspecified atom stereocenters. The topological polar surface area (TPSA) is 67.1 Å². The average molecular weight is 292 g/mol. The fourth-order valence-electron chi connectivity index (χ4n) is 2.67. The number of aromatic nitrogens is 3. The van der Waals surface area contributed by atoms with Crippen LogP contribution in [-0.2, 0) is 13.0 Å². The van der Waals surface area contributed by atoms with Gasteiger partial charge in [-0.15, -0.1) is 10.2 Å². The second-order valence-corrected chi connectivity index (χ2v) is 5.58. The maximum absolute atomic E-state index is 4.62. The van der Waals surface area contributed by atoms with Crippen molar-refractivity contribution in [1.82, 2.24) is 25.4 Å². The molecule has 0 spiro atoms. The van der Waals surface area contributed by atoms with E-state index in [1.54, 1.807) is 6.33 Å². The van der Waals surface area contributed by atoms with Gasteiger partial charge in [0.2, 0.25) is 0 Å². The zero-order valence-electron chi connectivity index (χ0n) is 13.3. The van der Waals surface area contributed by atoms with E-state index in [-0.39, 0.29) is 0 Å². The van der Waals surface area contributed by atoms with Crippen LogP contribution in [0.1, 0.15) is 51.8 Å². The number of aryl methyl sites for hydroxylation is 1. The largest absolute Gasteiger partial charge is 0.355 e. The maximum atomic E-state index is 4.62. The number of aliphatic imine (C=N–C) groups is 1. The van der Waals surface area contributed by atoms with E-state index < -0.39 is 0 Å². The SMILES string of the molecule is CCCN=C(NCCn1cnnc1CC)NC1CCCC1. The van der Waals surface area contributed by atoms with E-state index >= 15 is 0 Å². The van der Waals surface area contributed by atoms with Gasteiger partial charge >= 0.3 is 0 Å². The molecule has 0 amide bonds. The average Bonchev–Trinajstić information content (AvgIpc) is 3.15. The van der Waals surface area contributed by atoms with Gasteiger partial charge in [-0.1, -0.05) is 26.7 Å². The summed E-state index contributed by atoms with van der Waals surface area (Å²) in [6.45, 7) is 6.83. The molecule has 6 heteroatoms. The number of nitrogens with one attached hydrogen (secondary N) is 2. The van der Waals surface area contributed by atoms with Gasteiger partial charge in [0.05, 0.1) is 0 Å². The molecule has 0 radical (unpaired) electrons. The smallest absolute Gasteiger partial charge is 0.191 e. The van der Waals surface area contributed by atoms with Crippen LogP contribution in [0, 0.1) is 0 Å². The predicted molar refractivity (Wildman–Crippen MR) is 85.4 cm³/mol. The van der Waals surface area contributed by atoms with Gasteiger partial charge in [-0.2, -0.15) is 0 Å². The van der Waals surface area contributed by atoms with Crippen LogP contribution in [0.4, 0.5) is 0 Å². The minimum absolute atomic E-state index is 0.592. The molecule has 1 aromatic rings. The highest BCUT2D eigenvalue weighted by Gasteiger charge is 2.15. The number of hydrogen-bond acceptors (Lipinski definition) is 3. The van der Waals surface area contributed by atoms with Crippen molar-refractivity contribution >= 4 is 5.96 Å². The Balaban J connectivity index is 1.80. The number of nitrogens with zero attached hydrogens (tertiary/aromatic N) is 4. The summed E-state index contributed by atoms with van der Waals surface area (Å²) in [5.41, 5.74) is 0. The quantitative estimate of drug-likeness (QED) is 0.593.